The van der Waals surface area contributed by atoms with Gasteiger partial charge in [0.1, 0.15) is 0 Å². The zero-order valence-electron chi connectivity index (χ0n) is 15.0. The number of piperidine rings is 1. The van der Waals surface area contributed by atoms with Gasteiger partial charge in [-0.25, -0.2) is 4.79 Å². The summed E-state index contributed by atoms with van der Waals surface area (Å²) in [5.74, 6) is 1.57. The van der Waals surface area contributed by atoms with Gasteiger partial charge in [-0.1, -0.05) is 13.0 Å². The van der Waals surface area contributed by atoms with E-state index in [-0.39, 0.29) is 6.03 Å². The zero-order chi connectivity index (χ0) is 16.9. The predicted molar refractivity (Wildman–Crippen MR) is 100 cm³/mol. The van der Waals surface area contributed by atoms with E-state index in [4.69, 9.17) is 0 Å². The van der Waals surface area contributed by atoms with Crippen LogP contribution in [0.15, 0.2) is 17.5 Å². The second kappa shape index (κ2) is 8.34. The summed E-state index contributed by atoms with van der Waals surface area (Å²) in [5, 5.41) is 5.36. The number of carbonyl (C=O) groups excluding carboxylic acids is 1. The van der Waals surface area contributed by atoms with Gasteiger partial charge in [-0.3, -0.25) is 4.90 Å². The van der Waals surface area contributed by atoms with Crippen molar-refractivity contribution in [2.45, 2.75) is 45.6 Å². The third-order valence-electron chi connectivity index (χ3n) is 5.42. The molecule has 1 aromatic rings. The van der Waals surface area contributed by atoms with Gasteiger partial charge in [-0.2, -0.15) is 0 Å². The Labute approximate surface area is 150 Å². The first-order valence-electron chi connectivity index (χ1n) is 9.47. The van der Waals surface area contributed by atoms with Gasteiger partial charge >= 0.3 is 6.03 Å². The largest absolute Gasteiger partial charge is 0.336 e. The van der Waals surface area contributed by atoms with E-state index in [0.29, 0.717) is 6.04 Å². The lowest BCUT2D eigenvalue weighted by atomic mass is 9.97. The molecule has 0 bridgehead atoms. The molecule has 0 aromatic carbocycles. The molecule has 1 aliphatic carbocycles. The third-order valence-corrected chi connectivity index (χ3v) is 6.40. The van der Waals surface area contributed by atoms with Crippen molar-refractivity contribution in [3.63, 3.8) is 0 Å². The quantitative estimate of drug-likeness (QED) is 0.809. The number of amides is 2. The van der Waals surface area contributed by atoms with Crippen molar-refractivity contribution in [1.82, 2.24) is 15.1 Å². The molecule has 1 atom stereocenters. The first-order valence-corrected chi connectivity index (χ1v) is 10.4. The van der Waals surface area contributed by atoms with Gasteiger partial charge in [0, 0.05) is 24.5 Å². The smallest absolute Gasteiger partial charge is 0.317 e. The average Bonchev–Trinajstić information content (AvgIpc) is 3.25. The minimum atomic E-state index is 0.108. The SMILES string of the molecule is CCN(CC1CC1)C(=O)NCC(c1cccs1)N1CCC(C)CC1. The number of urea groups is 1. The topological polar surface area (TPSA) is 35.6 Å². The molecule has 3 rings (SSSR count). The van der Waals surface area contributed by atoms with Crippen molar-refractivity contribution in [1.29, 1.82) is 0 Å². The van der Waals surface area contributed by atoms with Crippen LogP contribution in [0.4, 0.5) is 4.79 Å². The average molecular weight is 350 g/mol. The number of carbonyl (C=O) groups is 1. The summed E-state index contributed by atoms with van der Waals surface area (Å²) >= 11 is 1.81. The van der Waals surface area contributed by atoms with E-state index in [1.54, 1.807) is 11.3 Å². The van der Waals surface area contributed by atoms with Crippen LogP contribution in [0.3, 0.4) is 0 Å². The Kier molecular flexibility index (Phi) is 6.17. The highest BCUT2D eigenvalue weighted by molar-refractivity contribution is 7.10. The van der Waals surface area contributed by atoms with Crippen LogP contribution in [0, 0.1) is 11.8 Å². The molecule has 1 aromatic heterocycles. The predicted octanol–water partition coefficient (Wildman–Crippen LogP) is 3.96. The van der Waals surface area contributed by atoms with Crippen LogP contribution in [0.5, 0.6) is 0 Å². The standard InChI is InChI=1S/C19H31N3OS/c1-3-21(14-16-6-7-16)19(23)20-13-17(18-5-4-12-24-18)22-10-8-15(2)9-11-22/h4-5,12,15-17H,3,6-11,13-14H2,1-2H3,(H,20,23). The van der Waals surface area contributed by atoms with Crippen LogP contribution in [0.25, 0.3) is 0 Å². The lowest BCUT2D eigenvalue weighted by Crippen LogP contribution is -2.46. The summed E-state index contributed by atoms with van der Waals surface area (Å²) in [5.41, 5.74) is 0. The fourth-order valence-electron chi connectivity index (χ4n) is 3.49. The van der Waals surface area contributed by atoms with Crippen molar-refractivity contribution >= 4 is 17.4 Å². The third kappa shape index (κ3) is 4.73. The van der Waals surface area contributed by atoms with Crippen LogP contribution in [0.2, 0.25) is 0 Å². The van der Waals surface area contributed by atoms with Gasteiger partial charge in [0.15, 0.2) is 0 Å². The normalized spacial score (nSPS) is 20.8. The minimum Gasteiger partial charge on any atom is -0.336 e. The highest BCUT2D eigenvalue weighted by atomic mass is 32.1. The van der Waals surface area contributed by atoms with Gasteiger partial charge in [-0.15, -0.1) is 11.3 Å². The maximum Gasteiger partial charge on any atom is 0.317 e. The monoisotopic (exact) mass is 349 g/mol. The van der Waals surface area contributed by atoms with Crippen molar-refractivity contribution < 1.29 is 4.79 Å². The van der Waals surface area contributed by atoms with E-state index < -0.39 is 0 Å². The number of nitrogens with zero attached hydrogens (tertiary/aromatic N) is 2. The highest BCUT2D eigenvalue weighted by Crippen LogP contribution is 2.30. The molecule has 1 saturated heterocycles. The summed E-state index contributed by atoms with van der Waals surface area (Å²) in [6, 6.07) is 4.76. The molecule has 134 valence electrons. The van der Waals surface area contributed by atoms with Crippen LogP contribution < -0.4 is 5.32 Å². The van der Waals surface area contributed by atoms with Gasteiger partial charge in [-0.05, 0) is 69.0 Å². The number of thiophene rings is 1. The second-order valence-electron chi connectivity index (χ2n) is 7.42. The van der Waals surface area contributed by atoms with E-state index in [2.05, 4.69) is 41.6 Å². The van der Waals surface area contributed by atoms with E-state index in [9.17, 15) is 4.79 Å². The summed E-state index contributed by atoms with van der Waals surface area (Å²) in [4.78, 5) is 18.4. The second-order valence-corrected chi connectivity index (χ2v) is 8.40. The molecule has 4 nitrogen and oxygen atoms in total. The number of likely N-dealkylation sites (tertiary alicyclic amines) is 1. The van der Waals surface area contributed by atoms with Crippen molar-refractivity contribution in [3.05, 3.63) is 22.4 Å². The lowest BCUT2D eigenvalue weighted by molar-refractivity contribution is 0.135. The molecular weight excluding hydrogens is 318 g/mol. The van der Waals surface area contributed by atoms with E-state index in [1.165, 1.54) is 30.6 Å². The highest BCUT2D eigenvalue weighted by Gasteiger charge is 2.28. The first kappa shape index (κ1) is 17.7. The van der Waals surface area contributed by atoms with Crippen molar-refractivity contribution in [2.75, 3.05) is 32.7 Å². The van der Waals surface area contributed by atoms with Crippen molar-refractivity contribution in [2.24, 2.45) is 11.8 Å². The van der Waals surface area contributed by atoms with Crippen LogP contribution in [-0.2, 0) is 0 Å². The maximum absolute atomic E-state index is 12.5. The maximum atomic E-state index is 12.5. The van der Waals surface area contributed by atoms with E-state index in [1.807, 2.05) is 4.90 Å². The number of hydrogen-bond donors (Lipinski definition) is 1. The molecule has 2 fully saturated rings. The summed E-state index contributed by atoms with van der Waals surface area (Å²) in [7, 11) is 0. The Hall–Kier alpha value is -1.07. The van der Waals surface area contributed by atoms with Gasteiger partial charge in [0.25, 0.3) is 0 Å². The van der Waals surface area contributed by atoms with E-state index in [0.717, 1.165) is 44.6 Å². The summed E-state index contributed by atoms with van der Waals surface area (Å²) < 4.78 is 0. The van der Waals surface area contributed by atoms with Gasteiger partial charge < -0.3 is 10.2 Å². The van der Waals surface area contributed by atoms with Crippen LogP contribution >= 0.6 is 11.3 Å². The van der Waals surface area contributed by atoms with Gasteiger partial charge in [0.05, 0.1) is 6.04 Å². The first-order chi connectivity index (χ1) is 11.7. The summed E-state index contributed by atoms with van der Waals surface area (Å²) in [6.45, 7) is 9.13. The fraction of sp³-hybridized carbons (Fsp3) is 0.737. The van der Waals surface area contributed by atoms with Crippen molar-refractivity contribution in [3.8, 4) is 0 Å². The summed E-state index contributed by atoms with van der Waals surface area (Å²) in [6.07, 6.45) is 5.10. The Morgan fingerprint density at radius 2 is 2.12 bits per heavy atom. The lowest BCUT2D eigenvalue weighted by Gasteiger charge is -2.36. The molecule has 5 heteroatoms. The zero-order valence-corrected chi connectivity index (χ0v) is 15.9. The van der Waals surface area contributed by atoms with E-state index >= 15 is 0 Å². The molecule has 2 amide bonds. The Morgan fingerprint density at radius 3 is 2.71 bits per heavy atom. The Morgan fingerprint density at radius 1 is 1.38 bits per heavy atom. The Bertz CT molecular complexity index is 507. The minimum absolute atomic E-state index is 0.108. The number of hydrogen-bond acceptors (Lipinski definition) is 3. The number of nitrogens with one attached hydrogen (secondary N) is 1. The molecular formula is C19H31N3OS. The fourth-order valence-corrected chi connectivity index (χ4v) is 4.36. The molecule has 2 heterocycles. The molecule has 1 unspecified atom stereocenters. The molecule has 1 saturated carbocycles. The Balaban J connectivity index is 1.58. The molecule has 1 aliphatic heterocycles. The van der Waals surface area contributed by atoms with Crippen LogP contribution in [-0.4, -0.2) is 48.6 Å². The molecule has 0 spiro atoms. The molecule has 1 N–H and O–H groups in total. The van der Waals surface area contributed by atoms with Crippen LogP contribution in [0.1, 0.15) is 50.4 Å². The number of rotatable bonds is 7. The molecule has 2 aliphatic rings. The van der Waals surface area contributed by atoms with Gasteiger partial charge in [0.2, 0.25) is 0 Å². The molecule has 0 radical (unpaired) electrons. The molecule has 24 heavy (non-hydrogen) atoms.